The Bertz CT molecular complexity index is 1490. The van der Waals surface area contributed by atoms with Crippen molar-refractivity contribution in [1.29, 1.82) is 0 Å². The molecule has 41 heavy (non-hydrogen) atoms. The summed E-state index contributed by atoms with van der Waals surface area (Å²) in [4.78, 5) is 29.7. The molecule has 2 aromatic carbocycles. The van der Waals surface area contributed by atoms with Crippen molar-refractivity contribution >= 4 is 48.0 Å². The Morgan fingerprint density at radius 3 is 1.78 bits per heavy atom. The molecule has 214 valence electrons. The van der Waals surface area contributed by atoms with Gasteiger partial charge in [0, 0.05) is 0 Å². The summed E-state index contributed by atoms with van der Waals surface area (Å²) in [5.74, 6) is -1.08. The molecule has 1 amide bonds. The third-order valence-corrected chi connectivity index (χ3v) is 6.64. The predicted octanol–water partition coefficient (Wildman–Crippen LogP) is 1.35. The normalized spacial score (nSPS) is 12.2. The number of hydrogen-bond donors (Lipinski definition) is 7. The van der Waals surface area contributed by atoms with Gasteiger partial charge in [0.2, 0.25) is 0 Å². The number of hydrogen-bond acceptors (Lipinski definition) is 7. The van der Waals surface area contributed by atoms with E-state index < -0.39 is 18.1 Å². The summed E-state index contributed by atoms with van der Waals surface area (Å²) in [6, 6.07) is 11.0. The van der Waals surface area contributed by atoms with Gasteiger partial charge in [-0.1, -0.05) is 0 Å². The molecule has 13 heteroatoms. The van der Waals surface area contributed by atoms with Gasteiger partial charge in [0.25, 0.3) is 0 Å². The molecule has 11 nitrogen and oxygen atoms in total. The van der Waals surface area contributed by atoms with Crippen LogP contribution >= 0.6 is 0 Å². The molecule has 2 heterocycles. The molecule has 0 fully saturated rings. The quantitative estimate of drug-likeness (QED) is 0.0900. The first kappa shape index (κ1) is 31.6. The van der Waals surface area contributed by atoms with Crippen LogP contribution in [0.5, 0.6) is 0 Å². The minimum absolute atomic E-state index is 0.0400. The van der Waals surface area contributed by atoms with Gasteiger partial charge in [0.05, 0.1) is 0 Å². The van der Waals surface area contributed by atoms with Gasteiger partial charge < -0.3 is 0 Å². The number of benzene rings is 2. The summed E-state index contributed by atoms with van der Waals surface area (Å²) < 4.78 is 20.9. The number of aliphatic carboxylic acids is 1. The van der Waals surface area contributed by atoms with Crippen molar-refractivity contribution in [1.82, 2.24) is 31.2 Å². The Kier molecular flexibility index (Phi) is 12.1. The second-order valence-corrected chi connectivity index (χ2v) is 9.80. The van der Waals surface area contributed by atoms with Crippen molar-refractivity contribution in [2.45, 2.75) is 38.8 Å². The second-order valence-electron chi connectivity index (χ2n) is 9.80. The van der Waals surface area contributed by atoms with Gasteiger partial charge in [-0.2, -0.15) is 0 Å². The molecule has 0 aliphatic rings. The van der Waals surface area contributed by atoms with E-state index in [0.717, 1.165) is 45.6 Å². The number of aryl methyl sites for hydroxylation is 2. The van der Waals surface area contributed by atoms with E-state index in [-0.39, 0.29) is 18.8 Å². The first-order valence-corrected chi connectivity index (χ1v) is 13.4. The molecule has 0 spiro atoms. The van der Waals surface area contributed by atoms with Crippen LogP contribution in [0, 0.1) is 13.8 Å². The third-order valence-electron chi connectivity index (χ3n) is 6.64. The predicted molar refractivity (Wildman–Crippen MR) is 160 cm³/mol. The molecule has 0 saturated carbocycles. The summed E-state index contributed by atoms with van der Waals surface area (Å²) in [5.41, 5.74) is 6.32. The van der Waals surface area contributed by atoms with E-state index in [4.69, 9.17) is 5.11 Å². The molecule has 2 unspecified atom stereocenters. The number of carbonyl (C=O) groups is 2. The molecular formula is C28H36B2N6O5. The van der Waals surface area contributed by atoms with Crippen molar-refractivity contribution in [2.75, 3.05) is 26.6 Å². The van der Waals surface area contributed by atoms with Crippen LogP contribution in [0.4, 0.5) is 0 Å². The first-order chi connectivity index (χ1) is 19.8. The average molecular weight is 558 g/mol. The van der Waals surface area contributed by atoms with Crippen LogP contribution in [0.1, 0.15) is 22.3 Å². The van der Waals surface area contributed by atoms with E-state index >= 15 is 0 Å². The molecule has 0 aliphatic carbocycles. The zero-order valence-corrected chi connectivity index (χ0v) is 23.5. The Morgan fingerprint density at radius 2 is 1.32 bits per heavy atom. The van der Waals surface area contributed by atoms with Crippen molar-refractivity contribution in [3.05, 3.63) is 71.0 Å². The molecule has 4 aromatic rings. The van der Waals surface area contributed by atoms with Crippen LogP contribution in [0.3, 0.4) is 0 Å². The molecule has 7 N–H and O–H groups in total. The number of amides is 1. The number of carboxylic acid groups (broad SMARTS) is 1. The molecule has 0 saturated heterocycles. The van der Waals surface area contributed by atoms with Gasteiger partial charge in [-0.15, -0.1) is 0 Å². The van der Waals surface area contributed by atoms with Crippen molar-refractivity contribution in [3.63, 3.8) is 0 Å². The van der Waals surface area contributed by atoms with E-state index in [9.17, 15) is 19.0 Å². The number of carboxylic acids is 1. The summed E-state index contributed by atoms with van der Waals surface area (Å²) in [5, 5.41) is 22.6. The van der Waals surface area contributed by atoms with Gasteiger partial charge in [-0.05, 0) is 0 Å². The summed E-state index contributed by atoms with van der Waals surface area (Å²) in [7, 11) is 3.18. The number of aromatic amines is 2. The van der Waals surface area contributed by atoms with Gasteiger partial charge >= 0.3 is 240 Å². The maximum atomic E-state index is 12.2. The minimum atomic E-state index is -0.955. The molecule has 2 aromatic heterocycles. The number of nitrogens with one attached hydrogen (secondary N) is 6. The topological polar surface area (TPSA) is 168 Å². The molecule has 0 aliphatic heterocycles. The van der Waals surface area contributed by atoms with Gasteiger partial charge in [0.15, 0.2) is 0 Å². The van der Waals surface area contributed by atoms with Gasteiger partial charge in [0.1, 0.15) is 0 Å². The monoisotopic (exact) mass is 558 g/mol. The molecule has 0 radical (unpaired) electrons. The fourth-order valence-corrected chi connectivity index (χ4v) is 4.55. The van der Waals surface area contributed by atoms with Crippen molar-refractivity contribution in [2.24, 2.45) is 0 Å². The van der Waals surface area contributed by atoms with E-state index in [2.05, 4.69) is 37.3 Å². The SMILES string of the molecule is CNCNC(=O)C(Cc1c[nH]c2ccc(C)cc12)NCB=O.Cc1ccc2[nH]cc(CC(NCB=O)C(=O)O)c2c1. The molecular weight excluding hydrogens is 522 g/mol. The number of H-pyrrole nitrogens is 2. The number of fused-ring (bicyclic) bond motifs is 2. The Labute approximate surface area is 239 Å². The van der Waals surface area contributed by atoms with Crippen LogP contribution in [-0.2, 0) is 31.8 Å². The van der Waals surface area contributed by atoms with Crippen molar-refractivity contribution in [3.8, 4) is 0 Å². The molecule has 4 rings (SSSR count). The summed E-state index contributed by atoms with van der Waals surface area (Å²) >= 11 is 0. The van der Waals surface area contributed by atoms with Crippen LogP contribution in [-0.4, -0.2) is 79.9 Å². The van der Waals surface area contributed by atoms with Crippen LogP contribution in [0.15, 0.2) is 48.8 Å². The summed E-state index contributed by atoms with van der Waals surface area (Å²) in [6.45, 7) is 4.43. The van der Waals surface area contributed by atoms with Crippen LogP contribution in [0.2, 0.25) is 0 Å². The fourth-order valence-electron chi connectivity index (χ4n) is 4.55. The Hall–Kier alpha value is -3.93. The standard InChI is InChI=1S/C15H21BN4O2.C13H15BN2O3/c1-10-3-4-13-12(5-10)11(7-18-13)6-14(19-8-16-22)15(21)20-9-17-2;1-8-2-3-11-10(4-8)9(6-15-11)5-12(13(17)18)16-7-14-19/h3-5,7,14,17-19H,6,8-9H2,1-2H3,(H,20,21);2-4,6,12,15-16H,5,7H2,1H3,(H,17,18). The van der Waals surface area contributed by atoms with Gasteiger partial charge in [-0.3, -0.25) is 0 Å². The number of aromatic nitrogens is 2. The number of carbonyl (C=O) groups excluding carboxylic acids is 1. The Balaban J connectivity index is 0.000000228. The average Bonchev–Trinajstić information content (AvgIpc) is 3.54. The van der Waals surface area contributed by atoms with Crippen molar-refractivity contribution < 1.29 is 24.1 Å². The summed E-state index contributed by atoms with van der Waals surface area (Å²) in [6.07, 6.45) is 4.80. The molecule has 0 bridgehead atoms. The van der Waals surface area contributed by atoms with Gasteiger partial charge in [-0.25, -0.2) is 0 Å². The maximum absolute atomic E-state index is 12.2. The zero-order chi connectivity index (χ0) is 29.8. The number of rotatable bonds is 14. The zero-order valence-electron chi connectivity index (χ0n) is 23.5. The van der Waals surface area contributed by atoms with E-state index in [1.165, 1.54) is 5.56 Å². The van der Waals surface area contributed by atoms with Crippen LogP contribution < -0.4 is 21.3 Å². The van der Waals surface area contributed by atoms with E-state index in [0.29, 0.717) is 26.7 Å². The molecule has 2 atom stereocenters. The Morgan fingerprint density at radius 1 is 0.829 bits per heavy atom. The first-order valence-electron chi connectivity index (χ1n) is 13.4. The van der Waals surface area contributed by atoms with E-state index in [1.54, 1.807) is 7.05 Å². The third kappa shape index (κ3) is 9.04. The van der Waals surface area contributed by atoms with E-state index in [1.807, 2.05) is 56.6 Å². The fraction of sp³-hybridized carbons (Fsp3) is 0.357. The second kappa shape index (κ2) is 15.8. The van der Waals surface area contributed by atoms with Crippen LogP contribution in [0.25, 0.3) is 21.8 Å².